The zero-order valence-corrected chi connectivity index (χ0v) is 12.2. The van der Waals surface area contributed by atoms with E-state index in [1.165, 1.54) is 0 Å². The van der Waals surface area contributed by atoms with Gasteiger partial charge in [-0.15, -0.1) is 0 Å². The second-order valence-electron chi connectivity index (χ2n) is 3.81. The highest BCUT2D eigenvalue weighted by atomic mass is 79.9. The highest BCUT2D eigenvalue weighted by Gasteiger charge is 2.19. The summed E-state index contributed by atoms with van der Waals surface area (Å²) in [6.07, 6.45) is 0.608. The van der Waals surface area contributed by atoms with Crippen molar-refractivity contribution in [1.82, 2.24) is 0 Å². The van der Waals surface area contributed by atoms with Crippen LogP contribution >= 0.6 is 28.1 Å². The summed E-state index contributed by atoms with van der Waals surface area (Å²) in [5.74, 6) is -0.557. The van der Waals surface area contributed by atoms with Crippen molar-refractivity contribution in [3.8, 4) is 0 Å². The van der Waals surface area contributed by atoms with E-state index in [2.05, 4.69) is 21.2 Å². The van der Waals surface area contributed by atoms with Gasteiger partial charge in [-0.05, 0) is 37.1 Å². The quantitative estimate of drug-likeness (QED) is 0.840. The van der Waals surface area contributed by atoms with Gasteiger partial charge in [-0.1, -0.05) is 35.1 Å². The number of carbonyl (C=O) groups is 1. The Kier molecular flexibility index (Phi) is 5.08. The number of nitrogens with one attached hydrogen (secondary N) is 1. The van der Waals surface area contributed by atoms with Crippen molar-refractivity contribution in [2.24, 2.45) is 11.7 Å². The molecule has 1 atom stereocenters. The van der Waals surface area contributed by atoms with Crippen LogP contribution in [0.2, 0.25) is 0 Å². The third-order valence-corrected chi connectivity index (χ3v) is 3.29. The summed E-state index contributed by atoms with van der Waals surface area (Å²) in [5, 5.41) is 2.84. The average molecular weight is 315 g/mol. The molecule has 0 fully saturated rings. The second-order valence-corrected chi connectivity index (χ2v) is 5.20. The first-order chi connectivity index (χ1) is 7.95. The summed E-state index contributed by atoms with van der Waals surface area (Å²) in [7, 11) is 0. The molecule has 92 valence electrons. The molecule has 1 amide bonds. The lowest BCUT2D eigenvalue weighted by Gasteiger charge is -2.14. The van der Waals surface area contributed by atoms with Gasteiger partial charge in [0.2, 0.25) is 5.91 Å². The fourth-order valence-electron chi connectivity index (χ4n) is 1.50. The SMILES string of the molecule is CCC(C(=O)Nc1ccc(Br)cc1C)C(N)=S. The standard InChI is InChI=1S/C12H15BrN2OS/c1-3-9(11(14)17)12(16)15-10-5-4-8(13)6-7(10)2/h4-6,9H,3H2,1-2H3,(H2,14,17)(H,15,16). The van der Waals surface area contributed by atoms with Crippen molar-refractivity contribution in [2.45, 2.75) is 20.3 Å². The number of halogens is 1. The monoisotopic (exact) mass is 314 g/mol. The molecule has 1 unspecified atom stereocenters. The molecule has 1 rings (SSSR count). The van der Waals surface area contributed by atoms with Crippen LogP contribution in [0.3, 0.4) is 0 Å². The van der Waals surface area contributed by atoms with Crippen LogP contribution in [0.4, 0.5) is 5.69 Å². The number of amides is 1. The first-order valence-electron chi connectivity index (χ1n) is 5.32. The number of carbonyl (C=O) groups excluding carboxylic acids is 1. The zero-order valence-electron chi connectivity index (χ0n) is 9.79. The van der Waals surface area contributed by atoms with Crippen molar-refractivity contribution in [1.29, 1.82) is 0 Å². The molecule has 3 N–H and O–H groups in total. The van der Waals surface area contributed by atoms with Crippen molar-refractivity contribution in [3.63, 3.8) is 0 Å². The van der Waals surface area contributed by atoms with Gasteiger partial charge in [0.1, 0.15) is 0 Å². The Balaban J connectivity index is 2.84. The minimum Gasteiger partial charge on any atom is -0.393 e. The Morgan fingerprint density at radius 3 is 2.71 bits per heavy atom. The lowest BCUT2D eigenvalue weighted by Crippen LogP contribution is -2.32. The van der Waals surface area contributed by atoms with E-state index >= 15 is 0 Å². The predicted molar refractivity (Wildman–Crippen MR) is 78.1 cm³/mol. The molecule has 0 saturated carbocycles. The number of thiocarbonyl (C=S) groups is 1. The number of nitrogens with two attached hydrogens (primary N) is 1. The van der Waals surface area contributed by atoms with Crippen LogP contribution in [0.5, 0.6) is 0 Å². The predicted octanol–water partition coefficient (Wildman–Crippen LogP) is 3.01. The summed E-state index contributed by atoms with van der Waals surface area (Å²) < 4.78 is 0.981. The minimum absolute atomic E-state index is 0.148. The van der Waals surface area contributed by atoms with Crippen molar-refractivity contribution < 1.29 is 4.79 Å². The first-order valence-corrected chi connectivity index (χ1v) is 6.52. The summed E-state index contributed by atoms with van der Waals surface area (Å²) in [6.45, 7) is 3.82. The van der Waals surface area contributed by atoms with Gasteiger partial charge >= 0.3 is 0 Å². The Bertz CT molecular complexity index is 448. The summed E-state index contributed by atoms with van der Waals surface area (Å²) >= 11 is 8.25. The molecular weight excluding hydrogens is 300 g/mol. The van der Waals surface area contributed by atoms with Gasteiger partial charge in [0.25, 0.3) is 0 Å². The normalized spacial score (nSPS) is 11.9. The number of benzene rings is 1. The van der Waals surface area contributed by atoms with E-state index in [4.69, 9.17) is 18.0 Å². The summed E-state index contributed by atoms with van der Waals surface area (Å²) in [4.78, 5) is 12.2. The lowest BCUT2D eigenvalue weighted by molar-refractivity contribution is -0.118. The van der Waals surface area contributed by atoms with E-state index in [1.807, 2.05) is 32.0 Å². The van der Waals surface area contributed by atoms with Crippen LogP contribution in [0, 0.1) is 12.8 Å². The Morgan fingerprint density at radius 1 is 1.59 bits per heavy atom. The molecule has 0 heterocycles. The highest BCUT2D eigenvalue weighted by Crippen LogP contribution is 2.21. The van der Waals surface area contributed by atoms with E-state index in [0.717, 1.165) is 15.7 Å². The summed E-state index contributed by atoms with van der Waals surface area (Å²) in [5.41, 5.74) is 7.30. The van der Waals surface area contributed by atoms with Gasteiger partial charge in [0.05, 0.1) is 10.9 Å². The topological polar surface area (TPSA) is 55.1 Å². The van der Waals surface area contributed by atoms with Crippen LogP contribution < -0.4 is 11.1 Å². The molecule has 5 heteroatoms. The molecule has 1 aromatic carbocycles. The Labute approximate surface area is 115 Å². The smallest absolute Gasteiger partial charge is 0.234 e. The van der Waals surface area contributed by atoms with Gasteiger partial charge in [-0.3, -0.25) is 4.79 Å². The lowest BCUT2D eigenvalue weighted by atomic mass is 10.1. The van der Waals surface area contributed by atoms with Gasteiger partial charge in [-0.2, -0.15) is 0 Å². The molecule has 0 aliphatic rings. The Morgan fingerprint density at radius 2 is 2.24 bits per heavy atom. The minimum atomic E-state index is -0.409. The van der Waals surface area contributed by atoms with E-state index in [1.54, 1.807) is 0 Å². The molecule has 0 radical (unpaired) electrons. The average Bonchev–Trinajstić information content (AvgIpc) is 2.22. The molecule has 0 aliphatic heterocycles. The molecule has 0 aliphatic carbocycles. The largest absolute Gasteiger partial charge is 0.393 e. The molecule has 3 nitrogen and oxygen atoms in total. The number of aryl methyl sites for hydroxylation is 1. The van der Waals surface area contributed by atoms with Crippen LogP contribution in [-0.4, -0.2) is 10.9 Å². The van der Waals surface area contributed by atoms with E-state index < -0.39 is 5.92 Å². The molecule has 0 aromatic heterocycles. The van der Waals surface area contributed by atoms with E-state index in [0.29, 0.717) is 6.42 Å². The van der Waals surface area contributed by atoms with Crippen LogP contribution in [0.25, 0.3) is 0 Å². The van der Waals surface area contributed by atoms with Crippen molar-refractivity contribution in [3.05, 3.63) is 28.2 Å². The number of hydrogen-bond donors (Lipinski definition) is 2. The van der Waals surface area contributed by atoms with Crippen molar-refractivity contribution >= 4 is 44.7 Å². The fourth-order valence-corrected chi connectivity index (χ4v) is 2.25. The molecule has 0 spiro atoms. The van der Waals surface area contributed by atoms with Gasteiger partial charge in [-0.25, -0.2) is 0 Å². The number of anilines is 1. The molecular formula is C12H15BrN2OS. The Hall–Kier alpha value is -0.940. The zero-order chi connectivity index (χ0) is 13.0. The van der Waals surface area contributed by atoms with Crippen LogP contribution in [0.15, 0.2) is 22.7 Å². The van der Waals surface area contributed by atoms with Crippen LogP contribution in [0.1, 0.15) is 18.9 Å². The van der Waals surface area contributed by atoms with Gasteiger partial charge < -0.3 is 11.1 Å². The molecule has 0 saturated heterocycles. The fraction of sp³-hybridized carbons (Fsp3) is 0.333. The highest BCUT2D eigenvalue weighted by molar-refractivity contribution is 9.10. The van der Waals surface area contributed by atoms with Crippen molar-refractivity contribution in [2.75, 3.05) is 5.32 Å². The molecule has 17 heavy (non-hydrogen) atoms. The number of rotatable bonds is 4. The van der Waals surface area contributed by atoms with Crippen LogP contribution in [-0.2, 0) is 4.79 Å². The maximum Gasteiger partial charge on any atom is 0.234 e. The summed E-state index contributed by atoms with van der Waals surface area (Å²) in [6, 6.07) is 5.67. The maximum atomic E-state index is 11.9. The third-order valence-electron chi connectivity index (χ3n) is 2.51. The molecule has 1 aromatic rings. The third kappa shape index (κ3) is 3.78. The maximum absolute atomic E-state index is 11.9. The van der Waals surface area contributed by atoms with Gasteiger partial charge in [0.15, 0.2) is 0 Å². The second kappa shape index (κ2) is 6.12. The number of hydrogen-bond acceptors (Lipinski definition) is 2. The molecule has 0 bridgehead atoms. The first kappa shape index (κ1) is 14.1. The van der Waals surface area contributed by atoms with Gasteiger partial charge in [0, 0.05) is 10.2 Å². The van der Waals surface area contributed by atoms with E-state index in [9.17, 15) is 4.79 Å². The van der Waals surface area contributed by atoms with E-state index in [-0.39, 0.29) is 10.9 Å².